The maximum atomic E-state index is 12.1. The summed E-state index contributed by atoms with van der Waals surface area (Å²) in [6, 6.07) is 8.50. The lowest BCUT2D eigenvalue weighted by molar-refractivity contribution is 0.171. The number of hydrogen-bond donors (Lipinski definition) is 0. The third kappa shape index (κ3) is 5.58. The molecule has 2 heteroatoms. The Morgan fingerprint density at radius 1 is 0.880 bits per heavy atom. The highest BCUT2D eigenvalue weighted by Gasteiger charge is 2.30. The summed E-state index contributed by atoms with van der Waals surface area (Å²) >= 11 is 6.01. The third-order valence-electron chi connectivity index (χ3n) is 6.51. The Hall–Kier alpha value is -0.820. The SMILES string of the molecule is FCCC/C=C/C1CCC(C2CCC(c3ccc(Cl)cc3)CC2)CC1. The zero-order chi connectivity index (χ0) is 17.5. The highest BCUT2D eigenvalue weighted by Crippen LogP contribution is 2.44. The van der Waals surface area contributed by atoms with Gasteiger partial charge in [-0.05, 0) is 106 Å². The molecule has 0 unspecified atom stereocenters. The molecule has 0 heterocycles. The van der Waals surface area contributed by atoms with Gasteiger partial charge in [-0.1, -0.05) is 35.9 Å². The van der Waals surface area contributed by atoms with E-state index in [1.54, 1.807) is 0 Å². The lowest BCUT2D eigenvalue weighted by atomic mass is 9.68. The number of unbranched alkanes of at least 4 members (excludes halogenated alkanes) is 1. The summed E-state index contributed by atoms with van der Waals surface area (Å²) in [7, 11) is 0. The Balaban J connectivity index is 1.40. The van der Waals surface area contributed by atoms with E-state index in [0.29, 0.717) is 6.42 Å². The molecule has 3 rings (SSSR count). The molecular weight excluding hydrogens is 331 g/mol. The van der Waals surface area contributed by atoms with Crippen LogP contribution in [0.1, 0.15) is 75.7 Å². The zero-order valence-corrected chi connectivity index (χ0v) is 16.1. The molecule has 0 atom stereocenters. The molecule has 0 amide bonds. The van der Waals surface area contributed by atoms with Crippen molar-refractivity contribution < 1.29 is 4.39 Å². The van der Waals surface area contributed by atoms with E-state index in [1.165, 1.54) is 56.9 Å². The molecule has 0 bridgehead atoms. The lowest BCUT2D eigenvalue weighted by Gasteiger charge is -2.37. The van der Waals surface area contributed by atoms with E-state index in [1.807, 2.05) is 12.1 Å². The molecule has 2 aliphatic rings. The molecule has 0 saturated heterocycles. The Bertz CT molecular complexity index is 520. The number of rotatable bonds is 6. The van der Waals surface area contributed by atoms with Crippen molar-refractivity contribution >= 4 is 11.6 Å². The second-order valence-electron chi connectivity index (χ2n) is 8.10. The predicted octanol–water partition coefficient (Wildman–Crippen LogP) is 7.73. The minimum Gasteiger partial charge on any atom is -0.251 e. The van der Waals surface area contributed by atoms with Gasteiger partial charge in [0.1, 0.15) is 0 Å². The van der Waals surface area contributed by atoms with E-state index < -0.39 is 0 Å². The summed E-state index contributed by atoms with van der Waals surface area (Å²) < 4.78 is 12.1. The van der Waals surface area contributed by atoms with Gasteiger partial charge in [-0.15, -0.1) is 0 Å². The molecule has 0 aromatic heterocycles. The molecule has 0 aliphatic heterocycles. The summed E-state index contributed by atoms with van der Waals surface area (Å²) in [4.78, 5) is 0. The Kier molecular flexibility index (Phi) is 7.40. The fourth-order valence-corrected chi connectivity index (χ4v) is 5.08. The standard InChI is InChI=1S/C23H32ClF/c24-23-15-13-22(14-16-23)21-11-9-20(10-12-21)19-7-5-18(6-8-19)4-2-1-3-17-25/h2,4,13-16,18-21H,1,3,5-12,17H2/b4-2+. The normalized spacial score (nSPS) is 30.6. The van der Waals surface area contributed by atoms with E-state index >= 15 is 0 Å². The van der Waals surface area contributed by atoms with Crippen LogP contribution in [-0.2, 0) is 0 Å². The number of halogens is 2. The van der Waals surface area contributed by atoms with Gasteiger partial charge in [0.05, 0.1) is 6.67 Å². The Morgan fingerprint density at radius 2 is 1.48 bits per heavy atom. The van der Waals surface area contributed by atoms with Crippen molar-refractivity contribution in [3.8, 4) is 0 Å². The first-order valence-electron chi connectivity index (χ1n) is 10.2. The molecule has 2 aliphatic carbocycles. The van der Waals surface area contributed by atoms with Crippen molar-refractivity contribution in [2.24, 2.45) is 17.8 Å². The lowest BCUT2D eigenvalue weighted by Crippen LogP contribution is -2.25. The van der Waals surface area contributed by atoms with Gasteiger partial charge >= 0.3 is 0 Å². The van der Waals surface area contributed by atoms with Crippen LogP contribution in [0.2, 0.25) is 5.02 Å². The van der Waals surface area contributed by atoms with E-state index in [2.05, 4.69) is 24.3 Å². The van der Waals surface area contributed by atoms with Crippen molar-refractivity contribution in [3.63, 3.8) is 0 Å². The number of alkyl halides is 1. The maximum absolute atomic E-state index is 12.1. The minimum atomic E-state index is -0.185. The van der Waals surface area contributed by atoms with Crippen molar-refractivity contribution in [1.82, 2.24) is 0 Å². The quantitative estimate of drug-likeness (QED) is 0.358. The van der Waals surface area contributed by atoms with Crippen LogP contribution >= 0.6 is 11.6 Å². The third-order valence-corrected chi connectivity index (χ3v) is 6.76. The molecule has 25 heavy (non-hydrogen) atoms. The van der Waals surface area contributed by atoms with E-state index in [9.17, 15) is 4.39 Å². The maximum Gasteiger partial charge on any atom is 0.0897 e. The fraction of sp³-hybridized carbons (Fsp3) is 0.652. The summed E-state index contributed by atoms with van der Waals surface area (Å²) in [5.41, 5.74) is 1.48. The highest BCUT2D eigenvalue weighted by atomic mass is 35.5. The molecule has 138 valence electrons. The summed E-state index contributed by atoms with van der Waals surface area (Å²) in [6.07, 6.45) is 17.1. The number of allylic oxidation sites excluding steroid dienone is 2. The second kappa shape index (κ2) is 9.76. The zero-order valence-electron chi connectivity index (χ0n) is 15.3. The van der Waals surface area contributed by atoms with Crippen molar-refractivity contribution in [2.45, 2.75) is 70.1 Å². The van der Waals surface area contributed by atoms with Gasteiger partial charge in [-0.25, -0.2) is 0 Å². The van der Waals surface area contributed by atoms with Crippen molar-refractivity contribution in [3.05, 3.63) is 47.0 Å². The fourth-order valence-electron chi connectivity index (χ4n) is 4.95. The van der Waals surface area contributed by atoms with Crippen LogP contribution in [0.4, 0.5) is 4.39 Å². The van der Waals surface area contributed by atoms with Gasteiger partial charge in [-0.2, -0.15) is 0 Å². The molecule has 2 saturated carbocycles. The predicted molar refractivity (Wildman–Crippen MR) is 106 cm³/mol. The minimum absolute atomic E-state index is 0.185. The largest absolute Gasteiger partial charge is 0.251 e. The van der Waals surface area contributed by atoms with Gasteiger partial charge in [0.25, 0.3) is 0 Å². The Morgan fingerprint density at radius 3 is 2.08 bits per heavy atom. The van der Waals surface area contributed by atoms with Crippen molar-refractivity contribution in [2.75, 3.05) is 6.67 Å². The molecule has 2 fully saturated rings. The first-order chi connectivity index (χ1) is 12.3. The first kappa shape index (κ1) is 19.0. The van der Waals surface area contributed by atoms with E-state index in [-0.39, 0.29) is 6.67 Å². The van der Waals surface area contributed by atoms with Crippen LogP contribution in [-0.4, -0.2) is 6.67 Å². The first-order valence-corrected chi connectivity index (χ1v) is 10.6. The highest BCUT2D eigenvalue weighted by molar-refractivity contribution is 6.30. The van der Waals surface area contributed by atoms with Crippen molar-refractivity contribution in [1.29, 1.82) is 0 Å². The van der Waals surface area contributed by atoms with Crippen LogP contribution in [0.25, 0.3) is 0 Å². The van der Waals surface area contributed by atoms with E-state index in [4.69, 9.17) is 11.6 Å². The van der Waals surface area contributed by atoms with E-state index in [0.717, 1.165) is 35.1 Å². The second-order valence-corrected chi connectivity index (χ2v) is 8.53. The summed E-state index contributed by atoms with van der Waals surface area (Å²) in [5, 5.41) is 0.841. The van der Waals surface area contributed by atoms with Crippen LogP contribution in [0.3, 0.4) is 0 Å². The monoisotopic (exact) mass is 362 g/mol. The van der Waals surface area contributed by atoms with Gasteiger partial charge in [0.15, 0.2) is 0 Å². The van der Waals surface area contributed by atoms with Gasteiger partial charge < -0.3 is 0 Å². The smallest absolute Gasteiger partial charge is 0.0897 e. The molecule has 0 radical (unpaired) electrons. The molecule has 0 N–H and O–H groups in total. The van der Waals surface area contributed by atoms with Crippen LogP contribution in [0.15, 0.2) is 36.4 Å². The average Bonchev–Trinajstić information content (AvgIpc) is 2.67. The number of benzene rings is 1. The summed E-state index contributed by atoms with van der Waals surface area (Å²) in [6.45, 7) is -0.185. The van der Waals surface area contributed by atoms with Gasteiger partial charge in [0, 0.05) is 5.02 Å². The topological polar surface area (TPSA) is 0 Å². The average molecular weight is 363 g/mol. The van der Waals surface area contributed by atoms with Crippen LogP contribution in [0.5, 0.6) is 0 Å². The summed E-state index contributed by atoms with van der Waals surface area (Å²) in [5.74, 6) is 3.38. The van der Waals surface area contributed by atoms with Crippen LogP contribution in [0, 0.1) is 17.8 Å². The Labute approximate surface area is 157 Å². The molecule has 1 aromatic carbocycles. The van der Waals surface area contributed by atoms with Crippen LogP contribution < -0.4 is 0 Å². The molecule has 0 nitrogen and oxygen atoms in total. The molecule has 0 spiro atoms. The van der Waals surface area contributed by atoms with Gasteiger partial charge in [0.2, 0.25) is 0 Å². The molecule has 1 aromatic rings. The number of hydrogen-bond acceptors (Lipinski definition) is 0. The van der Waals surface area contributed by atoms with Gasteiger partial charge in [-0.3, -0.25) is 4.39 Å². The molecular formula is C23H32ClF.